The highest BCUT2D eigenvalue weighted by atomic mass is 15.2. The van der Waals surface area contributed by atoms with E-state index in [0.717, 1.165) is 24.4 Å². The molecule has 2 heteroatoms. The molecule has 2 aliphatic rings. The van der Waals surface area contributed by atoms with Crippen molar-refractivity contribution < 1.29 is 0 Å². The molecule has 2 fully saturated rings. The lowest BCUT2D eigenvalue weighted by Gasteiger charge is -2.32. The van der Waals surface area contributed by atoms with E-state index in [0.29, 0.717) is 0 Å². The summed E-state index contributed by atoms with van der Waals surface area (Å²) < 4.78 is 0. The van der Waals surface area contributed by atoms with Gasteiger partial charge < -0.3 is 10.6 Å². The number of rotatable bonds is 6. The van der Waals surface area contributed by atoms with Crippen LogP contribution in [0.4, 0.5) is 0 Å². The molecule has 0 unspecified atom stereocenters. The Balaban J connectivity index is 1.71. The first-order valence-electron chi connectivity index (χ1n) is 7.27. The van der Waals surface area contributed by atoms with Crippen molar-refractivity contribution >= 4 is 0 Å². The van der Waals surface area contributed by atoms with Gasteiger partial charge >= 0.3 is 0 Å². The van der Waals surface area contributed by atoms with Crippen LogP contribution in [0.1, 0.15) is 51.9 Å². The SMILES string of the molecule is CCCN(CC1CCC(CN)CC1)C1CC1. The van der Waals surface area contributed by atoms with Crippen LogP contribution in [0.5, 0.6) is 0 Å². The third-order valence-electron chi connectivity index (χ3n) is 4.37. The van der Waals surface area contributed by atoms with Crippen LogP contribution in [0.25, 0.3) is 0 Å². The van der Waals surface area contributed by atoms with Crippen molar-refractivity contribution in [1.82, 2.24) is 4.90 Å². The van der Waals surface area contributed by atoms with Crippen molar-refractivity contribution in [2.45, 2.75) is 57.9 Å². The van der Waals surface area contributed by atoms with Gasteiger partial charge in [0, 0.05) is 12.6 Å². The molecule has 0 aromatic heterocycles. The molecule has 16 heavy (non-hydrogen) atoms. The predicted molar refractivity (Wildman–Crippen MR) is 69.4 cm³/mol. The van der Waals surface area contributed by atoms with Gasteiger partial charge in [0.2, 0.25) is 0 Å². The lowest BCUT2D eigenvalue weighted by molar-refractivity contribution is 0.175. The van der Waals surface area contributed by atoms with Gasteiger partial charge in [0.25, 0.3) is 0 Å². The zero-order chi connectivity index (χ0) is 11.4. The molecule has 94 valence electrons. The summed E-state index contributed by atoms with van der Waals surface area (Å²) in [5, 5.41) is 0. The molecule has 0 saturated heterocycles. The van der Waals surface area contributed by atoms with Gasteiger partial charge in [0.05, 0.1) is 0 Å². The molecule has 2 aliphatic carbocycles. The number of hydrogen-bond acceptors (Lipinski definition) is 2. The molecule has 0 aliphatic heterocycles. The van der Waals surface area contributed by atoms with Crippen molar-refractivity contribution in [2.24, 2.45) is 17.6 Å². The summed E-state index contributed by atoms with van der Waals surface area (Å²) >= 11 is 0. The molecule has 0 radical (unpaired) electrons. The van der Waals surface area contributed by atoms with Crippen molar-refractivity contribution in [2.75, 3.05) is 19.6 Å². The lowest BCUT2D eigenvalue weighted by atomic mass is 9.82. The summed E-state index contributed by atoms with van der Waals surface area (Å²) in [6.45, 7) is 5.91. The summed E-state index contributed by atoms with van der Waals surface area (Å²) in [7, 11) is 0. The maximum atomic E-state index is 5.75. The van der Waals surface area contributed by atoms with Crippen molar-refractivity contribution in [3.05, 3.63) is 0 Å². The zero-order valence-electron chi connectivity index (χ0n) is 10.8. The van der Waals surface area contributed by atoms with Crippen molar-refractivity contribution in [1.29, 1.82) is 0 Å². The van der Waals surface area contributed by atoms with Crippen LogP contribution < -0.4 is 5.73 Å². The Morgan fingerprint density at radius 3 is 2.12 bits per heavy atom. The van der Waals surface area contributed by atoms with Gasteiger partial charge in [0.1, 0.15) is 0 Å². The van der Waals surface area contributed by atoms with Crippen LogP contribution in [-0.2, 0) is 0 Å². The Kier molecular flexibility index (Phi) is 4.66. The quantitative estimate of drug-likeness (QED) is 0.751. The Hall–Kier alpha value is -0.0800. The van der Waals surface area contributed by atoms with Gasteiger partial charge in [-0.25, -0.2) is 0 Å². The first-order chi connectivity index (χ1) is 7.83. The predicted octanol–water partition coefficient (Wildman–Crippen LogP) is 2.63. The molecule has 0 heterocycles. The molecular formula is C14H28N2. The third-order valence-corrected chi connectivity index (χ3v) is 4.37. The molecule has 2 rings (SSSR count). The highest BCUT2D eigenvalue weighted by molar-refractivity contribution is 4.86. The molecule has 0 amide bonds. The van der Waals surface area contributed by atoms with Gasteiger partial charge in [-0.05, 0) is 69.9 Å². The fourth-order valence-electron chi connectivity index (χ4n) is 3.13. The van der Waals surface area contributed by atoms with Gasteiger partial charge in [-0.15, -0.1) is 0 Å². The van der Waals surface area contributed by atoms with E-state index < -0.39 is 0 Å². The monoisotopic (exact) mass is 224 g/mol. The Morgan fingerprint density at radius 2 is 1.62 bits per heavy atom. The smallest absolute Gasteiger partial charge is 0.00965 e. The topological polar surface area (TPSA) is 29.3 Å². The average molecular weight is 224 g/mol. The number of hydrogen-bond donors (Lipinski definition) is 1. The van der Waals surface area contributed by atoms with E-state index in [1.807, 2.05) is 0 Å². The second-order valence-corrected chi connectivity index (χ2v) is 5.85. The summed E-state index contributed by atoms with van der Waals surface area (Å²) in [5.41, 5.74) is 5.75. The second kappa shape index (κ2) is 6.02. The largest absolute Gasteiger partial charge is 0.330 e. The van der Waals surface area contributed by atoms with E-state index >= 15 is 0 Å². The lowest BCUT2D eigenvalue weighted by Crippen LogP contribution is -2.34. The van der Waals surface area contributed by atoms with Crippen LogP contribution >= 0.6 is 0 Å². The maximum absolute atomic E-state index is 5.75. The fourth-order valence-corrected chi connectivity index (χ4v) is 3.13. The standard InChI is InChI=1S/C14H28N2/c1-2-9-16(14-7-8-14)11-13-5-3-12(10-15)4-6-13/h12-14H,2-11,15H2,1H3. The molecule has 0 aromatic carbocycles. The van der Waals surface area contributed by atoms with Gasteiger partial charge in [-0.1, -0.05) is 6.92 Å². The van der Waals surface area contributed by atoms with E-state index in [1.54, 1.807) is 0 Å². The second-order valence-electron chi connectivity index (χ2n) is 5.85. The Labute approximate surface area is 101 Å². The van der Waals surface area contributed by atoms with Crippen LogP contribution in [-0.4, -0.2) is 30.6 Å². The van der Waals surface area contributed by atoms with Gasteiger partial charge in [0.15, 0.2) is 0 Å². The van der Waals surface area contributed by atoms with Crippen molar-refractivity contribution in [3.63, 3.8) is 0 Å². The van der Waals surface area contributed by atoms with E-state index in [-0.39, 0.29) is 0 Å². The summed E-state index contributed by atoms with van der Waals surface area (Å²) in [6.07, 6.45) is 9.84. The van der Waals surface area contributed by atoms with Gasteiger partial charge in [-0.2, -0.15) is 0 Å². The number of nitrogens with two attached hydrogens (primary N) is 1. The van der Waals surface area contributed by atoms with Crippen LogP contribution in [0.3, 0.4) is 0 Å². The molecule has 0 atom stereocenters. The number of nitrogens with zero attached hydrogens (tertiary/aromatic N) is 1. The van der Waals surface area contributed by atoms with Gasteiger partial charge in [-0.3, -0.25) is 0 Å². The Morgan fingerprint density at radius 1 is 1.00 bits per heavy atom. The summed E-state index contributed by atoms with van der Waals surface area (Å²) in [6, 6.07) is 0.951. The molecule has 0 aromatic rings. The van der Waals surface area contributed by atoms with Crippen LogP contribution in [0.15, 0.2) is 0 Å². The highest BCUT2D eigenvalue weighted by Gasteiger charge is 2.30. The zero-order valence-corrected chi connectivity index (χ0v) is 10.8. The molecule has 0 bridgehead atoms. The first kappa shape index (κ1) is 12.4. The van der Waals surface area contributed by atoms with E-state index in [4.69, 9.17) is 5.73 Å². The highest BCUT2D eigenvalue weighted by Crippen LogP contribution is 2.32. The van der Waals surface area contributed by atoms with Crippen molar-refractivity contribution in [3.8, 4) is 0 Å². The molecule has 2 saturated carbocycles. The minimum Gasteiger partial charge on any atom is -0.330 e. The maximum Gasteiger partial charge on any atom is 0.00965 e. The first-order valence-corrected chi connectivity index (χ1v) is 7.27. The van der Waals surface area contributed by atoms with Crippen LogP contribution in [0.2, 0.25) is 0 Å². The molecule has 2 N–H and O–H groups in total. The van der Waals surface area contributed by atoms with Crippen LogP contribution in [0, 0.1) is 11.8 Å². The fraction of sp³-hybridized carbons (Fsp3) is 1.00. The van der Waals surface area contributed by atoms with E-state index in [2.05, 4.69) is 11.8 Å². The third kappa shape index (κ3) is 3.46. The molecule has 2 nitrogen and oxygen atoms in total. The molecular weight excluding hydrogens is 196 g/mol. The normalized spacial score (nSPS) is 30.9. The average Bonchev–Trinajstić information content (AvgIpc) is 3.13. The van der Waals surface area contributed by atoms with E-state index in [9.17, 15) is 0 Å². The van der Waals surface area contributed by atoms with E-state index in [1.165, 1.54) is 58.0 Å². The minimum atomic E-state index is 0.830. The summed E-state index contributed by atoms with van der Waals surface area (Å²) in [4.78, 5) is 2.76. The summed E-state index contributed by atoms with van der Waals surface area (Å²) in [5.74, 6) is 1.80. The molecule has 0 spiro atoms. The minimum absolute atomic E-state index is 0.830. The Bertz CT molecular complexity index is 193.